The van der Waals surface area contributed by atoms with Gasteiger partial charge in [-0.3, -0.25) is 0 Å². The summed E-state index contributed by atoms with van der Waals surface area (Å²) in [5.41, 5.74) is 0.849. The Morgan fingerprint density at radius 3 is 2.28 bits per heavy atom. The Morgan fingerprint density at radius 2 is 1.72 bits per heavy atom. The van der Waals surface area contributed by atoms with Crippen molar-refractivity contribution in [2.24, 2.45) is 0 Å². The maximum atomic E-state index is 12.8. The molecule has 0 aliphatic carbocycles. The lowest BCUT2D eigenvalue weighted by Crippen LogP contribution is -2.61. The zero-order valence-electron chi connectivity index (χ0n) is 25.4. The van der Waals surface area contributed by atoms with E-state index < -0.39 is 29.5 Å². The smallest absolute Gasteiger partial charge is 0.477 e. The van der Waals surface area contributed by atoms with E-state index in [-0.39, 0.29) is 24.0 Å². The van der Waals surface area contributed by atoms with Crippen molar-refractivity contribution < 1.29 is 29.3 Å². The molecule has 4 N–H and O–H groups in total. The Balaban J connectivity index is 1.75. The van der Waals surface area contributed by atoms with Gasteiger partial charge in [0, 0.05) is 12.1 Å². The van der Waals surface area contributed by atoms with E-state index in [1.807, 2.05) is 55.5 Å². The summed E-state index contributed by atoms with van der Waals surface area (Å²) in [5, 5.41) is 39.2. The molecule has 12 heteroatoms. The molecule has 0 spiro atoms. The van der Waals surface area contributed by atoms with Crippen LogP contribution in [-0.2, 0) is 20.8 Å². The van der Waals surface area contributed by atoms with Crippen LogP contribution in [0.4, 0.5) is 4.79 Å². The number of aliphatic hydroxyl groups is 1. The van der Waals surface area contributed by atoms with Crippen molar-refractivity contribution in [2.75, 3.05) is 0 Å². The number of H-pyrrole nitrogens is 1. The van der Waals surface area contributed by atoms with Crippen molar-refractivity contribution in [1.29, 1.82) is 0 Å². The highest BCUT2D eigenvalue weighted by molar-refractivity contribution is 5.88. The monoisotopic (exact) mass is 592 g/mol. The van der Waals surface area contributed by atoms with Crippen LogP contribution >= 0.6 is 0 Å². The number of hydrogen-bond donors (Lipinski definition) is 4. The molecule has 2 heterocycles. The molecule has 0 bridgehead atoms. The van der Waals surface area contributed by atoms with Gasteiger partial charge in [-0.25, -0.2) is 9.59 Å². The van der Waals surface area contributed by atoms with Gasteiger partial charge < -0.3 is 29.9 Å². The Hall–Kier alpha value is -4.45. The zero-order valence-corrected chi connectivity index (χ0v) is 25.4. The van der Waals surface area contributed by atoms with E-state index in [1.54, 1.807) is 25.7 Å². The van der Waals surface area contributed by atoms with Crippen LogP contribution in [0.5, 0.6) is 0 Å². The highest BCUT2D eigenvalue weighted by Gasteiger charge is 2.54. The molecule has 3 aromatic rings. The lowest BCUT2D eigenvalue weighted by molar-refractivity contribution is -0.136. The molecule has 230 valence electrons. The number of rotatable bonds is 12. The highest BCUT2D eigenvalue weighted by atomic mass is 16.7. The van der Waals surface area contributed by atoms with Crippen molar-refractivity contribution in [3.8, 4) is 22.5 Å². The minimum Gasteiger partial charge on any atom is -0.477 e. The number of aromatic nitrogens is 4. The highest BCUT2D eigenvalue weighted by Crippen LogP contribution is 2.41. The van der Waals surface area contributed by atoms with Crippen LogP contribution in [0.3, 0.4) is 0 Å². The van der Waals surface area contributed by atoms with Crippen molar-refractivity contribution >= 4 is 12.1 Å². The SMILES string of the molecule is CCCCC1(C(C)OC(=O)OC(C)C)NC(C(C)(C)O)=C(C(=O)O)N1Cc1ccc(-c2ccccc2-c2nn[nH]n2)cc1. The summed E-state index contributed by atoms with van der Waals surface area (Å²) in [6.45, 7) is 10.4. The quantitative estimate of drug-likeness (QED) is 0.213. The number of tetrazole rings is 1. The number of benzene rings is 2. The molecule has 0 fully saturated rings. The van der Waals surface area contributed by atoms with Gasteiger partial charge in [-0.1, -0.05) is 61.9 Å². The zero-order chi connectivity index (χ0) is 31.4. The van der Waals surface area contributed by atoms with Gasteiger partial charge in [0.1, 0.15) is 23.1 Å². The fourth-order valence-corrected chi connectivity index (χ4v) is 5.37. The molecule has 0 saturated heterocycles. The van der Waals surface area contributed by atoms with E-state index in [0.29, 0.717) is 18.7 Å². The first kappa shape index (κ1) is 31.5. The second-order valence-electron chi connectivity index (χ2n) is 11.5. The maximum absolute atomic E-state index is 12.8. The van der Waals surface area contributed by atoms with Crippen LogP contribution in [-0.4, -0.2) is 71.3 Å². The normalized spacial score (nSPS) is 17.6. The molecule has 4 rings (SSSR count). The summed E-state index contributed by atoms with van der Waals surface area (Å²) >= 11 is 0. The summed E-state index contributed by atoms with van der Waals surface area (Å²) < 4.78 is 11.0. The van der Waals surface area contributed by atoms with E-state index in [1.165, 1.54) is 13.8 Å². The first-order valence-corrected chi connectivity index (χ1v) is 14.4. The molecule has 1 aliphatic heterocycles. The molecule has 12 nitrogen and oxygen atoms in total. The maximum Gasteiger partial charge on any atom is 0.508 e. The third-order valence-corrected chi connectivity index (χ3v) is 7.45. The Bertz CT molecular complexity index is 1450. The van der Waals surface area contributed by atoms with E-state index >= 15 is 0 Å². The Morgan fingerprint density at radius 1 is 1.05 bits per heavy atom. The fraction of sp³-hybridized carbons (Fsp3) is 0.452. The van der Waals surface area contributed by atoms with Crippen LogP contribution in [0.2, 0.25) is 0 Å². The standard InChI is InChI=1S/C31H40N6O6/c1-7-8-17-31(20(4)43-29(40)42-19(2)3)32-26(30(5,6)41)25(28(38)39)37(31)18-21-13-15-22(16-14-21)23-11-9-10-12-24(23)27-33-35-36-34-27/h9-16,19-20,32,41H,7-8,17-18H2,1-6H3,(H,38,39)(H,33,34,35,36). The van der Waals surface area contributed by atoms with Gasteiger partial charge in [-0.15, -0.1) is 10.2 Å². The average Bonchev–Trinajstić information content (AvgIpc) is 3.59. The third kappa shape index (κ3) is 6.80. The van der Waals surface area contributed by atoms with E-state index in [0.717, 1.165) is 28.7 Å². The Labute approximate surface area is 251 Å². The third-order valence-electron chi connectivity index (χ3n) is 7.45. The van der Waals surface area contributed by atoms with Crippen molar-refractivity contribution in [3.63, 3.8) is 0 Å². The molecular formula is C31H40N6O6. The van der Waals surface area contributed by atoms with Gasteiger partial charge in [0.2, 0.25) is 5.82 Å². The van der Waals surface area contributed by atoms with Gasteiger partial charge in [-0.05, 0) is 69.4 Å². The molecule has 0 saturated carbocycles. The van der Waals surface area contributed by atoms with Crippen LogP contribution in [0.25, 0.3) is 22.5 Å². The summed E-state index contributed by atoms with van der Waals surface area (Å²) in [6.07, 6.45) is -0.128. The second kappa shape index (κ2) is 12.8. The molecule has 0 radical (unpaired) electrons. The first-order chi connectivity index (χ1) is 20.4. The number of aromatic amines is 1. The number of nitrogens with one attached hydrogen (secondary N) is 2. The summed E-state index contributed by atoms with van der Waals surface area (Å²) in [6, 6.07) is 15.5. The van der Waals surface area contributed by atoms with Crippen LogP contribution in [0.1, 0.15) is 66.4 Å². The summed E-state index contributed by atoms with van der Waals surface area (Å²) in [7, 11) is 0. The number of unbranched alkanes of at least 4 members (excludes halogenated alkanes) is 1. The minimum absolute atomic E-state index is 0.0807. The second-order valence-corrected chi connectivity index (χ2v) is 11.5. The summed E-state index contributed by atoms with van der Waals surface area (Å²) in [5.74, 6) is -0.727. The molecule has 2 aromatic carbocycles. The number of aliphatic carboxylic acids is 1. The average molecular weight is 593 g/mol. The molecule has 0 amide bonds. The van der Waals surface area contributed by atoms with Crippen LogP contribution in [0, 0.1) is 0 Å². The van der Waals surface area contributed by atoms with Crippen molar-refractivity contribution in [1.82, 2.24) is 30.8 Å². The lowest BCUT2D eigenvalue weighted by atomic mass is 9.93. The molecule has 1 aliphatic rings. The van der Waals surface area contributed by atoms with Crippen molar-refractivity contribution in [3.05, 3.63) is 65.5 Å². The van der Waals surface area contributed by atoms with Gasteiger partial charge in [0.15, 0.2) is 0 Å². The van der Waals surface area contributed by atoms with E-state index in [9.17, 15) is 19.8 Å². The number of nitrogens with zero attached hydrogens (tertiary/aromatic N) is 4. The Kier molecular flexibility index (Phi) is 9.39. The molecule has 2 atom stereocenters. The number of carbonyl (C=O) groups excluding carboxylic acids is 1. The lowest BCUT2D eigenvalue weighted by Gasteiger charge is -2.44. The van der Waals surface area contributed by atoms with E-state index in [2.05, 4.69) is 25.9 Å². The number of hydrogen-bond acceptors (Lipinski definition) is 10. The van der Waals surface area contributed by atoms with E-state index in [4.69, 9.17) is 9.47 Å². The summed E-state index contributed by atoms with van der Waals surface area (Å²) in [4.78, 5) is 27.1. The molecule has 43 heavy (non-hydrogen) atoms. The predicted molar refractivity (Wildman–Crippen MR) is 159 cm³/mol. The number of ether oxygens (including phenoxy) is 2. The first-order valence-electron chi connectivity index (χ1n) is 14.4. The number of carbonyl (C=O) groups is 2. The van der Waals surface area contributed by atoms with Gasteiger partial charge in [0.05, 0.1) is 11.8 Å². The number of carboxylic acids is 1. The number of carboxylic acid groups (broad SMARTS) is 1. The predicted octanol–water partition coefficient (Wildman–Crippen LogP) is 4.84. The largest absolute Gasteiger partial charge is 0.508 e. The topological polar surface area (TPSA) is 163 Å². The van der Waals surface area contributed by atoms with Gasteiger partial charge >= 0.3 is 12.1 Å². The van der Waals surface area contributed by atoms with Crippen LogP contribution in [0.15, 0.2) is 59.9 Å². The minimum atomic E-state index is -1.51. The van der Waals surface area contributed by atoms with Gasteiger partial charge in [-0.2, -0.15) is 5.21 Å². The molecule has 1 aromatic heterocycles. The van der Waals surface area contributed by atoms with Gasteiger partial charge in [0.25, 0.3) is 0 Å². The van der Waals surface area contributed by atoms with Crippen molar-refractivity contribution in [2.45, 2.75) is 90.8 Å². The molecule has 2 unspecified atom stereocenters. The van der Waals surface area contributed by atoms with Crippen LogP contribution < -0.4 is 5.32 Å². The fourth-order valence-electron chi connectivity index (χ4n) is 5.37. The molecular weight excluding hydrogens is 552 g/mol.